The Kier molecular flexibility index (Phi) is 4.62. The van der Waals surface area contributed by atoms with Crippen LogP contribution in [0, 0.1) is 12.3 Å². The lowest BCUT2D eigenvalue weighted by molar-refractivity contribution is -0.144. The lowest BCUT2D eigenvalue weighted by atomic mass is 10.0. The molecule has 6 nitrogen and oxygen atoms in total. The largest absolute Gasteiger partial charge is 0.351 e. The molecular weight excluding hydrogens is 340 g/mol. The summed E-state index contributed by atoms with van der Waals surface area (Å²) in [5, 5.41) is 2.88. The van der Waals surface area contributed by atoms with Gasteiger partial charge in [-0.2, -0.15) is 0 Å². The van der Waals surface area contributed by atoms with Crippen molar-refractivity contribution < 1.29 is 18.0 Å². The normalized spacial score (nSPS) is 23.0. The monoisotopic (exact) mass is 364 g/mol. The van der Waals surface area contributed by atoms with E-state index in [0.717, 1.165) is 11.1 Å². The molecule has 7 heteroatoms. The van der Waals surface area contributed by atoms with E-state index in [9.17, 15) is 18.0 Å². The minimum absolute atomic E-state index is 0.00382. The first-order valence-electron chi connectivity index (χ1n) is 8.56. The number of amides is 2. The number of carbonyl (C=O) groups excluding carboxylic acids is 2. The van der Waals surface area contributed by atoms with Crippen molar-refractivity contribution in [1.82, 2.24) is 10.2 Å². The quantitative estimate of drug-likeness (QED) is 0.791. The Morgan fingerprint density at radius 3 is 2.52 bits per heavy atom. The Bertz CT molecular complexity index is 799. The molecule has 1 unspecified atom stereocenters. The van der Waals surface area contributed by atoms with Crippen molar-refractivity contribution in [2.75, 3.05) is 18.6 Å². The van der Waals surface area contributed by atoms with Crippen molar-refractivity contribution in [3.8, 4) is 0 Å². The molecule has 2 amide bonds. The summed E-state index contributed by atoms with van der Waals surface area (Å²) >= 11 is 0. The Balaban J connectivity index is 1.64. The van der Waals surface area contributed by atoms with Crippen molar-refractivity contribution in [3.05, 3.63) is 35.4 Å². The van der Waals surface area contributed by atoms with Gasteiger partial charge >= 0.3 is 0 Å². The van der Waals surface area contributed by atoms with E-state index in [4.69, 9.17) is 0 Å². The van der Waals surface area contributed by atoms with Gasteiger partial charge in [0, 0.05) is 19.6 Å². The van der Waals surface area contributed by atoms with E-state index < -0.39 is 15.3 Å². The standard InChI is InChI=1S/C18H24N2O4S/c1-13-5-3-4-6-14(13)11-19-16(21)18(8-9-18)17(22)20(2)15-7-10-25(23,24)12-15/h3-6,15H,7-12H2,1-2H3,(H,19,21). The van der Waals surface area contributed by atoms with Crippen LogP contribution >= 0.6 is 0 Å². The van der Waals surface area contributed by atoms with Gasteiger partial charge in [-0.3, -0.25) is 9.59 Å². The molecule has 25 heavy (non-hydrogen) atoms. The molecule has 1 aliphatic carbocycles. The van der Waals surface area contributed by atoms with Crippen LogP contribution in [0.3, 0.4) is 0 Å². The summed E-state index contributed by atoms with van der Waals surface area (Å²) in [5.41, 5.74) is 1.10. The number of benzene rings is 1. The van der Waals surface area contributed by atoms with E-state index in [-0.39, 0.29) is 29.4 Å². The number of sulfone groups is 1. The third-order valence-electron chi connectivity index (χ3n) is 5.37. The predicted molar refractivity (Wildman–Crippen MR) is 94.5 cm³/mol. The Labute approximate surface area is 148 Å². The molecule has 1 aliphatic heterocycles. The molecule has 136 valence electrons. The van der Waals surface area contributed by atoms with Crippen LogP contribution < -0.4 is 5.32 Å². The third-order valence-corrected chi connectivity index (χ3v) is 7.12. The van der Waals surface area contributed by atoms with Crippen LogP contribution in [0.15, 0.2) is 24.3 Å². The molecule has 1 aromatic rings. The van der Waals surface area contributed by atoms with E-state index in [0.29, 0.717) is 25.8 Å². The smallest absolute Gasteiger partial charge is 0.238 e. The van der Waals surface area contributed by atoms with E-state index in [1.807, 2.05) is 31.2 Å². The number of nitrogens with zero attached hydrogens (tertiary/aromatic N) is 1. The summed E-state index contributed by atoms with van der Waals surface area (Å²) in [6, 6.07) is 7.47. The van der Waals surface area contributed by atoms with Gasteiger partial charge in [0.2, 0.25) is 11.8 Å². The molecule has 2 fully saturated rings. The second-order valence-electron chi connectivity index (χ2n) is 7.16. The van der Waals surface area contributed by atoms with Crippen LogP contribution in [0.25, 0.3) is 0 Å². The molecule has 1 aromatic carbocycles. The number of aryl methyl sites for hydroxylation is 1. The number of hydrogen-bond donors (Lipinski definition) is 1. The maximum atomic E-state index is 12.8. The van der Waals surface area contributed by atoms with Gasteiger partial charge in [-0.25, -0.2) is 8.42 Å². The van der Waals surface area contributed by atoms with Crippen LogP contribution in [0.2, 0.25) is 0 Å². The first kappa shape index (κ1) is 17.9. The molecule has 1 saturated heterocycles. The van der Waals surface area contributed by atoms with Gasteiger partial charge in [0.25, 0.3) is 0 Å². The van der Waals surface area contributed by atoms with E-state index >= 15 is 0 Å². The summed E-state index contributed by atoms with van der Waals surface area (Å²) in [6.07, 6.45) is 1.50. The van der Waals surface area contributed by atoms with Gasteiger partial charge in [-0.1, -0.05) is 24.3 Å². The van der Waals surface area contributed by atoms with Gasteiger partial charge in [0.05, 0.1) is 11.5 Å². The van der Waals surface area contributed by atoms with E-state index in [2.05, 4.69) is 5.32 Å². The van der Waals surface area contributed by atoms with E-state index in [1.54, 1.807) is 7.05 Å². The van der Waals surface area contributed by atoms with Crippen molar-refractivity contribution in [3.63, 3.8) is 0 Å². The van der Waals surface area contributed by atoms with Crippen LogP contribution in [0.4, 0.5) is 0 Å². The molecule has 1 saturated carbocycles. The highest BCUT2D eigenvalue weighted by molar-refractivity contribution is 7.91. The highest BCUT2D eigenvalue weighted by atomic mass is 32.2. The summed E-state index contributed by atoms with van der Waals surface area (Å²) < 4.78 is 23.3. The fourth-order valence-electron chi connectivity index (χ4n) is 3.40. The number of hydrogen-bond acceptors (Lipinski definition) is 4. The predicted octanol–water partition coefficient (Wildman–Crippen LogP) is 1.04. The summed E-state index contributed by atoms with van der Waals surface area (Å²) in [6.45, 7) is 2.37. The van der Waals surface area contributed by atoms with Crippen molar-refractivity contribution in [2.24, 2.45) is 5.41 Å². The average molecular weight is 364 g/mol. The van der Waals surface area contributed by atoms with Gasteiger partial charge in [0.15, 0.2) is 9.84 Å². The second kappa shape index (κ2) is 6.44. The fourth-order valence-corrected chi connectivity index (χ4v) is 5.17. The molecule has 2 aliphatic rings. The van der Waals surface area contributed by atoms with Crippen LogP contribution in [-0.2, 0) is 26.0 Å². The molecule has 1 heterocycles. The molecule has 0 bridgehead atoms. The Hall–Kier alpha value is -1.89. The molecule has 0 aromatic heterocycles. The first-order chi connectivity index (χ1) is 11.8. The lowest BCUT2D eigenvalue weighted by Gasteiger charge is -2.27. The summed E-state index contributed by atoms with van der Waals surface area (Å²) in [7, 11) is -1.45. The molecule has 1 N–H and O–H groups in total. The van der Waals surface area contributed by atoms with Crippen molar-refractivity contribution >= 4 is 21.7 Å². The number of carbonyl (C=O) groups is 2. The highest BCUT2D eigenvalue weighted by Gasteiger charge is 2.58. The first-order valence-corrected chi connectivity index (χ1v) is 10.4. The number of rotatable bonds is 5. The van der Waals surface area contributed by atoms with Crippen LogP contribution in [0.5, 0.6) is 0 Å². The maximum Gasteiger partial charge on any atom is 0.238 e. The van der Waals surface area contributed by atoms with Gasteiger partial charge < -0.3 is 10.2 Å². The van der Waals surface area contributed by atoms with E-state index in [1.165, 1.54) is 4.90 Å². The third kappa shape index (κ3) is 3.56. The summed E-state index contributed by atoms with van der Waals surface area (Å²) in [4.78, 5) is 26.9. The van der Waals surface area contributed by atoms with Crippen molar-refractivity contribution in [1.29, 1.82) is 0 Å². The zero-order chi connectivity index (χ0) is 18.2. The topological polar surface area (TPSA) is 83.6 Å². The van der Waals surface area contributed by atoms with Gasteiger partial charge in [-0.15, -0.1) is 0 Å². The zero-order valence-corrected chi connectivity index (χ0v) is 15.4. The van der Waals surface area contributed by atoms with Crippen molar-refractivity contribution in [2.45, 2.75) is 38.8 Å². The minimum atomic E-state index is -3.06. The van der Waals surface area contributed by atoms with Gasteiger partial charge in [-0.05, 0) is 37.3 Å². The minimum Gasteiger partial charge on any atom is -0.351 e. The van der Waals surface area contributed by atoms with Crippen LogP contribution in [-0.4, -0.2) is 49.7 Å². The Morgan fingerprint density at radius 2 is 1.96 bits per heavy atom. The molecule has 0 spiro atoms. The van der Waals surface area contributed by atoms with Crippen LogP contribution in [0.1, 0.15) is 30.4 Å². The average Bonchev–Trinajstić information content (AvgIpc) is 3.31. The molecule has 1 atom stereocenters. The SMILES string of the molecule is Cc1ccccc1CNC(=O)C1(C(=O)N(C)C2CCS(=O)(=O)C2)CC1. The maximum absolute atomic E-state index is 12.8. The Morgan fingerprint density at radius 1 is 1.28 bits per heavy atom. The fraction of sp³-hybridized carbons (Fsp3) is 0.556. The number of nitrogens with one attached hydrogen (secondary N) is 1. The molecule has 0 radical (unpaired) electrons. The molecule has 3 rings (SSSR count). The molecular formula is C18H24N2O4S. The summed E-state index contributed by atoms with van der Waals surface area (Å²) in [5.74, 6) is -0.400. The second-order valence-corrected chi connectivity index (χ2v) is 9.39. The zero-order valence-electron chi connectivity index (χ0n) is 14.6. The highest BCUT2D eigenvalue weighted by Crippen LogP contribution is 2.48. The van der Waals surface area contributed by atoms with Gasteiger partial charge in [0.1, 0.15) is 5.41 Å². The lowest BCUT2D eigenvalue weighted by Crippen LogP contribution is -2.47.